The molecule has 2 aromatic carbocycles. The van der Waals surface area contributed by atoms with E-state index >= 15 is 0 Å². The molecular formula is C22H21N3O4S. The van der Waals surface area contributed by atoms with Gasteiger partial charge in [-0.2, -0.15) is 0 Å². The molecule has 2 aromatic heterocycles. The molecule has 7 nitrogen and oxygen atoms in total. The smallest absolute Gasteiger partial charge is 0.262 e. The van der Waals surface area contributed by atoms with E-state index in [0.29, 0.717) is 17.2 Å². The second-order valence-corrected chi connectivity index (χ2v) is 8.43. The molecule has 0 bridgehead atoms. The Balaban J connectivity index is 1.69. The summed E-state index contributed by atoms with van der Waals surface area (Å²) in [6, 6.07) is 15.8. The summed E-state index contributed by atoms with van der Waals surface area (Å²) in [4.78, 5) is 4.69. The molecule has 0 saturated heterocycles. The molecule has 0 unspecified atom stereocenters. The van der Waals surface area contributed by atoms with Crippen molar-refractivity contribution in [3.8, 4) is 22.8 Å². The van der Waals surface area contributed by atoms with Gasteiger partial charge in [-0.15, -0.1) is 0 Å². The number of sulfonamides is 1. The largest absolute Gasteiger partial charge is 0.493 e. The van der Waals surface area contributed by atoms with Crippen LogP contribution in [0.4, 0.5) is 5.69 Å². The number of benzene rings is 2. The Hall–Kier alpha value is -3.52. The minimum Gasteiger partial charge on any atom is -0.493 e. The summed E-state index contributed by atoms with van der Waals surface area (Å²) >= 11 is 0. The van der Waals surface area contributed by atoms with Crippen molar-refractivity contribution >= 4 is 21.4 Å². The maximum atomic E-state index is 13.0. The molecule has 0 aliphatic heterocycles. The molecule has 0 fully saturated rings. The zero-order valence-corrected chi connectivity index (χ0v) is 17.6. The topological polar surface area (TPSA) is 81.9 Å². The van der Waals surface area contributed by atoms with Crippen LogP contribution in [0.25, 0.3) is 16.9 Å². The third-order valence-electron chi connectivity index (χ3n) is 4.81. The first-order valence-electron chi connectivity index (χ1n) is 9.21. The second kappa shape index (κ2) is 7.72. The highest BCUT2D eigenvalue weighted by atomic mass is 32.2. The molecule has 0 atom stereocenters. The zero-order chi connectivity index (χ0) is 21.3. The quantitative estimate of drug-likeness (QED) is 0.504. The third-order valence-corrected chi connectivity index (χ3v) is 6.17. The first kappa shape index (κ1) is 19.8. The highest BCUT2D eigenvalue weighted by Crippen LogP contribution is 2.31. The average Bonchev–Trinajstić information content (AvgIpc) is 3.19. The second-order valence-electron chi connectivity index (χ2n) is 6.74. The fourth-order valence-electron chi connectivity index (χ4n) is 3.15. The van der Waals surface area contributed by atoms with Crippen molar-refractivity contribution in [2.45, 2.75) is 11.8 Å². The number of imidazole rings is 1. The predicted molar refractivity (Wildman–Crippen MR) is 116 cm³/mol. The highest BCUT2D eigenvalue weighted by molar-refractivity contribution is 7.92. The molecule has 0 saturated carbocycles. The van der Waals surface area contributed by atoms with Crippen molar-refractivity contribution < 1.29 is 17.9 Å². The Labute approximate surface area is 175 Å². The maximum Gasteiger partial charge on any atom is 0.262 e. The van der Waals surface area contributed by atoms with E-state index < -0.39 is 10.0 Å². The van der Waals surface area contributed by atoms with Gasteiger partial charge < -0.3 is 13.9 Å². The van der Waals surface area contributed by atoms with Gasteiger partial charge in [-0.05, 0) is 42.8 Å². The third kappa shape index (κ3) is 3.69. The number of pyridine rings is 1. The highest BCUT2D eigenvalue weighted by Gasteiger charge is 2.19. The number of nitrogens with one attached hydrogen (secondary N) is 1. The molecule has 1 N–H and O–H groups in total. The fraction of sp³-hybridized carbons (Fsp3) is 0.136. The molecule has 4 aromatic rings. The van der Waals surface area contributed by atoms with Crippen LogP contribution in [0, 0.1) is 6.92 Å². The Morgan fingerprint density at radius 3 is 2.50 bits per heavy atom. The Bertz CT molecular complexity index is 1300. The molecule has 0 radical (unpaired) electrons. The lowest BCUT2D eigenvalue weighted by Gasteiger charge is -2.13. The van der Waals surface area contributed by atoms with Crippen molar-refractivity contribution in [1.82, 2.24) is 9.38 Å². The van der Waals surface area contributed by atoms with Crippen LogP contribution in [0.5, 0.6) is 11.5 Å². The first-order chi connectivity index (χ1) is 14.4. The van der Waals surface area contributed by atoms with Gasteiger partial charge in [-0.25, -0.2) is 13.4 Å². The van der Waals surface area contributed by atoms with Gasteiger partial charge in [0.1, 0.15) is 5.65 Å². The van der Waals surface area contributed by atoms with Gasteiger partial charge in [0.25, 0.3) is 10.0 Å². The monoisotopic (exact) mass is 423 g/mol. The van der Waals surface area contributed by atoms with Gasteiger partial charge in [0, 0.05) is 24.0 Å². The number of anilines is 1. The van der Waals surface area contributed by atoms with Gasteiger partial charge in [0.05, 0.1) is 30.5 Å². The number of aromatic nitrogens is 2. The predicted octanol–water partition coefficient (Wildman–Crippen LogP) is 4.13. The van der Waals surface area contributed by atoms with Crippen molar-refractivity contribution in [1.29, 1.82) is 0 Å². The van der Waals surface area contributed by atoms with Crippen LogP contribution in [0.3, 0.4) is 0 Å². The Morgan fingerprint density at radius 1 is 0.967 bits per heavy atom. The number of aryl methyl sites for hydroxylation is 1. The van der Waals surface area contributed by atoms with Crippen LogP contribution in [-0.4, -0.2) is 32.0 Å². The molecule has 4 rings (SSSR count). The molecular weight excluding hydrogens is 402 g/mol. The number of methoxy groups -OCH3 is 2. The SMILES string of the molecule is COc1ccc(S(=O)(=O)Nc2cc(-c3cn4ccccc4n3)ccc2C)cc1OC. The van der Waals surface area contributed by atoms with E-state index in [1.165, 1.54) is 26.4 Å². The van der Waals surface area contributed by atoms with E-state index in [1.807, 2.05) is 54.0 Å². The molecule has 2 heterocycles. The standard InChI is InChI=1S/C22H21N3O4S/c1-15-7-8-16(19-14-25-11-5-4-6-22(25)23-19)12-18(15)24-30(26,27)17-9-10-20(28-2)21(13-17)29-3/h4-14,24H,1-3H3. The Morgan fingerprint density at radius 2 is 1.77 bits per heavy atom. The van der Waals surface area contributed by atoms with Crippen LogP contribution in [0.1, 0.15) is 5.56 Å². The number of hydrogen-bond acceptors (Lipinski definition) is 5. The lowest BCUT2D eigenvalue weighted by Crippen LogP contribution is -2.14. The lowest BCUT2D eigenvalue weighted by molar-refractivity contribution is 0.354. The van der Waals surface area contributed by atoms with E-state index in [2.05, 4.69) is 9.71 Å². The van der Waals surface area contributed by atoms with Crippen LogP contribution >= 0.6 is 0 Å². The van der Waals surface area contributed by atoms with Crippen molar-refractivity contribution in [2.24, 2.45) is 0 Å². The molecule has 8 heteroatoms. The van der Waals surface area contributed by atoms with Crippen molar-refractivity contribution in [3.63, 3.8) is 0 Å². The van der Waals surface area contributed by atoms with E-state index in [-0.39, 0.29) is 4.90 Å². The molecule has 0 amide bonds. The summed E-state index contributed by atoms with van der Waals surface area (Å²) in [5.41, 5.74) is 3.67. The van der Waals surface area contributed by atoms with E-state index in [1.54, 1.807) is 12.1 Å². The van der Waals surface area contributed by atoms with Crippen molar-refractivity contribution in [2.75, 3.05) is 18.9 Å². The first-order valence-corrected chi connectivity index (χ1v) is 10.7. The summed E-state index contributed by atoms with van der Waals surface area (Å²) in [7, 11) is -0.867. The van der Waals surface area contributed by atoms with Crippen LogP contribution in [0.15, 0.2) is 71.9 Å². The molecule has 30 heavy (non-hydrogen) atoms. The molecule has 154 valence electrons. The van der Waals surface area contributed by atoms with Gasteiger partial charge >= 0.3 is 0 Å². The summed E-state index contributed by atoms with van der Waals surface area (Å²) in [5, 5.41) is 0. The summed E-state index contributed by atoms with van der Waals surface area (Å²) < 4.78 is 41.0. The lowest BCUT2D eigenvalue weighted by atomic mass is 10.1. The normalized spacial score (nSPS) is 11.4. The minimum absolute atomic E-state index is 0.0812. The number of fused-ring (bicyclic) bond motifs is 1. The van der Waals surface area contributed by atoms with Crippen LogP contribution < -0.4 is 14.2 Å². The van der Waals surface area contributed by atoms with Crippen molar-refractivity contribution in [3.05, 3.63) is 72.6 Å². The minimum atomic E-state index is -3.83. The number of nitrogens with zero attached hydrogens (tertiary/aromatic N) is 2. The van der Waals surface area contributed by atoms with Gasteiger partial charge in [0.2, 0.25) is 0 Å². The Kier molecular flexibility index (Phi) is 5.09. The fourth-order valence-corrected chi connectivity index (χ4v) is 4.29. The molecule has 0 aliphatic carbocycles. The number of ether oxygens (including phenoxy) is 2. The average molecular weight is 423 g/mol. The van der Waals surface area contributed by atoms with Crippen LogP contribution in [0.2, 0.25) is 0 Å². The molecule has 0 aliphatic rings. The summed E-state index contributed by atoms with van der Waals surface area (Å²) in [6.45, 7) is 1.85. The molecule has 0 spiro atoms. The van der Waals surface area contributed by atoms with Gasteiger partial charge in [-0.3, -0.25) is 4.72 Å². The summed E-state index contributed by atoms with van der Waals surface area (Å²) in [5.74, 6) is 0.803. The summed E-state index contributed by atoms with van der Waals surface area (Å²) in [6.07, 6.45) is 3.83. The van der Waals surface area contributed by atoms with E-state index in [4.69, 9.17) is 9.47 Å². The maximum absolute atomic E-state index is 13.0. The van der Waals surface area contributed by atoms with E-state index in [0.717, 1.165) is 22.5 Å². The van der Waals surface area contributed by atoms with Crippen LogP contribution in [-0.2, 0) is 10.0 Å². The van der Waals surface area contributed by atoms with Gasteiger partial charge in [-0.1, -0.05) is 18.2 Å². The van der Waals surface area contributed by atoms with E-state index in [9.17, 15) is 8.42 Å². The number of hydrogen-bond donors (Lipinski definition) is 1. The zero-order valence-electron chi connectivity index (χ0n) is 16.8. The number of rotatable bonds is 6. The van der Waals surface area contributed by atoms with Gasteiger partial charge in [0.15, 0.2) is 11.5 Å².